The maximum atomic E-state index is 5.54. The van der Waals surface area contributed by atoms with Crippen molar-refractivity contribution in [3.63, 3.8) is 0 Å². The van der Waals surface area contributed by atoms with Crippen LogP contribution in [0.4, 0.5) is 5.95 Å². The van der Waals surface area contributed by atoms with Crippen molar-refractivity contribution < 1.29 is 4.74 Å². The highest BCUT2D eigenvalue weighted by atomic mass is 16.5. The second-order valence-electron chi connectivity index (χ2n) is 5.41. The van der Waals surface area contributed by atoms with Gasteiger partial charge in [-0.15, -0.1) is 0 Å². The molecule has 2 rings (SSSR count). The quantitative estimate of drug-likeness (QED) is 0.852. The van der Waals surface area contributed by atoms with Gasteiger partial charge in [0.1, 0.15) is 0 Å². The first kappa shape index (κ1) is 12.1. The molecule has 0 saturated heterocycles. The Bertz CT molecular complexity index is 404. The van der Waals surface area contributed by atoms with E-state index < -0.39 is 0 Å². The van der Waals surface area contributed by atoms with Gasteiger partial charge in [0.15, 0.2) is 0 Å². The lowest BCUT2D eigenvalue weighted by molar-refractivity contribution is 0.305. The molecule has 4 nitrogen and oxygen atoms in total. The van der Waals surface area contributed by atoms with Gasteiger partial charge < -0.3 is 10.1 Å². The Morgan fingerprint density at radius 3 is 2.76 bits per heavy atom. The van der Waals surface area contributed by atoms with Crippen LogP contribution in [0.15, 0.2) is 6.07 Å². The molecule has 1 N–H and O–H groups in total. The molecule has 0 bridgehead atoms. The van der Waals surface area contributed by atoms with Crippen LogP contribution in [0.1, 0.15) is 39.3 Å². The molecule has 1 aromatic rings. The first-order valence-corrected chi connectivity index (χ1v) is 6.26. The molecule has 17 heavy (non-hydrogen) atoms. The molecular weight excluding hydrogens is 214 g/mol. The minimum Gasteiger partial charge on any atom is -0.478 e. The van der Waals surface area contributed by atoms with Crippen molar-refractivity contribution in [2.24, 2.45) is 5.41 Å². The van der Waals surface area contributed by atoms with Gasteiger partial charge in [-0.05, 0) is 25.2 Å². The first-order valence-electron chi connectivity index (χ1n) is 6.26. The van der Waals surface area contributed by atoms with E-state index in [0.717, 1.165) is 12.1 Å². The Kier molecular flexibility index (Phi) is 3.22. The van der Waals surface area contributed by atoms with Crippen LogP contribution >= 0.6 is 0 Å². The summed E-state index contributed by atoms with van der Waals surface area (Å²) < 4.78 is 5.54. The molecular formula is C13H21N3O. The minimum absolute atomic E-state index is 0.373. The zero-order valence-electron chi connectivity index (χ0n) is 11.1. The van der Waals surface area contributed by atoms with Crippen molar-refractivity contribution in [3.8, 4) is 5.88 Å². The molecule has 4 heteroatoms. The third-order valence-electron chi connectivity index (χ3n) is 3.10. The average molecular weight is 235 g/mol. The molecule has 1 fully saturated rings. The van der Waals surface area contributed by atoms with E-state index in [-0.39, 0.29) is 0 Å². The van der Waals surface area contributed by atoms with E-state index in [1.807, 2.05) is 13.0 Å². The maximum Gasteiger partial charge on any atom is 0.226 e. The van der Waals surface area contributed by atoms with Crippen LogP contribution in [0.25, 0.3) is 0 Å². The number of ether oxygens (including phenoxy) is 1. The summed E-state index contributed by atoms with van der Waals surface area (Å²) in [5.41, 5.74) is 1.31. The van der Waals surface area contributed by atoms with Crippen LogP contribution in [-0.2, 0) is 0 Å². The SMILES string of the molecule is CCCOc1cc(C)nc(NC2CC2(C)C)n1. The van der Waals surface area contributed by atoms with E-state index >= 15 is 0 Å². The minimum atomic E-state index is 0.373. The number of aryl methyl sites for hydroxylation is 1. The van der Waals surface area contributed by atoms with E-state index in [1.54, 1.807) is 0 Å². The fourth-order valence-electron chi connectivity index (χ4n) is 1.75. The van der Waals surface area contributed by atoms with Gasteiger partial charge in [-0.2, -0.15) is 4.98 Å². The molecule has 0 aliphatic heterocycles. The van der Waals surface area contributed by atoms with Crippen molar-refractivity contribution >= 4 is 5.95 Å². The smallest absolute Gasteiger partial charge is 0.226 e. The standard InChI is InChI=1S/C13H21N3O/c1-5-6-17-11-7-9(2)14-12(16-11)15-10-8-13(10,3)4/h7,10H,5-6,8H2,1-4H3,(H,14,15,16). The van der Waals surface area contributed by atoms with Gasteiger partial charge in [0.05, 0.1) is 6.61 Å². The van der Waals surface area contributed by atoms with Crippen molar-refractivity contribution in [2.45, 2.75) is 46.6 Å². The van der Waals surface area contributed by atoms with E-state index in [4.69, 9.17) is 4.74 Å². The van der Waals surface area contributed by atoms with Gasteiger partial charge >= 0.3 is 0 Å². The van der Waals surface area contributed by atoms with E-state index in [2.05, 4.69) is 36.1 Å². The maximum absolute atomic E-state index is 5.54. The molecule has 0 amide bonds. The molecule has 0 aromatic carbocycles. The summed E-state index contributed by atoms with van der Waals surface area (Å²) in [4.78, 5) is 8.76. The highest BCUT2D eigenvalue weighted by molar-refractivity contribution is 5.35. The number of aromatic nitrogens is 2. The summed E-state index contributed by atoms with van der Waals surface area (Å²) in [5, 5.41) is 3.36. The highest BCUT2D eigenvalue weighted by Crippen LogP contribution is 2.46. The van der Waals surface area contributed by atoms with E-state index in [9.17, 15) is 0 Å². The summed E-state index contributed by atoms with van der Waals surface area (Å²) >= 11 is 0. The lowest BCUT2D eigenvalue weighted by atomic mass is 10.2. The van der Waals surface area contributed by atoms with Gasteiger partial charge in [0, 0.05) is 17.8 Å². The molecule has 1 saturated carbocycles. The van der Waals surface area contributed by atoms with Gasteiger partial charge in [0.25, 0.3) is 0 Å². The predicted molar refractivity (Wildman–Crippen MR) is 68.4 cm³/mol. The topological polar surface area (TPSA) is 47.0 Å². The third-order valence-corrected chi connectivity index (χ3v) is 3.10. The van der Waals surface area contributed by atoms with Crippen molar-refractivity contribution in [1.29, 1.82) is 0 Å². The third kappa shape index (κ3) is 3.08. The number of anilines is 1. The fraction of sp³-hybridized carbons (Fsp3) is 0.692. The van der Waals surface area contributed by atoms with Crippen LogP contribution in [0.5, 0.6) is 5.88 Å². The van der Waals surface area contributed by atoms with Gasteiger partial charge in [-0.1, -0.05) is 20.8 Å². The molecule has 94 valence electrons. The molecule has 1 aromatic heterocycles. The predicted octanol–water partition coefficient (Wildman–Crippen LogP) is 2.78. The summed E-state index contributed by atoms with van der Waals surface area (Å²) in [6.45, 7) is 9.23. The Morgan fingerprint density at radius 1 is 1.47 bits per heavy atom. The molecule has 1 atom stereocenters. The van der Waals surface area contributed by atoms with E-state index in [1.165, 1.54) is 6.42 Å². The first-order chi connectivity index (χ1) is 8.01. The van der Waals surface area contributed by atoms with Gasteiger partial charge in [-0.25, -0.2) is 4.98 Å². The largest absolute Gasteiger partial charge is 0.478 e. The zero-order chi connectivity index (χ0) is 12.5. The summed E-state index contributed by atoms with van der Waals surface area (Å²) in [7, 11) is 0. The zero-order valence-corrected chi connectivity index (χ0v) is 11.1. The molecule has 1 heterocycles. The summed E-state index contributed by atoms with van der Waals surface area (Å²) in [6.07, 6.45) is 2.16. The summed E-state index contributed by atoms with van der Waals surface area (Å²) in [6, 6.07) is 2.36. The molecule has 1 unspecified atom stereocenters. The van der Waals surface area contributed by atoms with Gasteiger partial charge in [-0.3, -0.25) is 0 Å². The number of hydrogen-bond donors (Lipinski definition) is 1. The van der Waals surface area contributed by atoms with Crippen molar-refractivity contribution in [3.05, 3.63) is 11.8 Å². The van der Waals surface area contributed by atoms with E-state index in [0.29, 0.717) is 29.9 Å². The molecule has 1 aliphatic rings. The second-order valence-corrected chi connectivity index (χ2v) is 5.41. The number of nitrogens with zero attached hydrogens (tertiary/aromatic N) is 2. The Morgan fingerprint density at radius 2 is 2.18 bits per heavy atom. The normalized spacial score (nSPS) is 21.1. The van der Waals surface area contributed by atoms with Crippen LogP contribution in [-0.4, -0.2) is 22.6 Å². The fourth-order valence-corrected chi connectivity index (χ4v) is 1.75. The lowest BCUT2D eigenvalue weighted by Crippen LogP contribution is -2.12. The van der Waals surface area contributed by atoms with Crippen LogP contribution in [0.2, 0.25) is 0 Å². The second kappa shape index (κ2) is 4.51. The van der Waals surface area contributed by atoms with Crippen LogP contribution < -0.4 is 10.1 Å². The van der Waals surface area contributed by atoms with Gasteiger partial charge in [0.2, 0.25) is 11.8 Å². The number of nitrogens with one attached hydrogen (secondary N) is 1. The van der Waals surface area contributed by atoms with Crippen molar-refractivity contribution in [2.75, 3.05) is 11.9 Å². The average Bonchev–Trinajstić information content (AvgIpc) is 2.82. The molecule has 0 radical (unpaired) electrons. The number of hydrogen-bond acceptors (Lipinski definition) is 4. The van der Waals surface area contributed by atoms with Crippen LogP contribution in [0.3, 0.4) is 0 Å². The number of rotatable bonds is 5. The Labute approximate surface area is 103 Å². The van der Waals surface area contributed by atoms with Crippen LogP contribution in [0, 0.1) is 12.3 Å². The van der Waals surface area contributed by atoms with Crippen molar-refractivity contribution in [1.82, 2.24) is 9.97 Å². The monoisotopic (exact) mass is 235 g/mol. The molecule has 1 aliphatic carbocycles. The highest BCUT2D eigenvalue weighted by Gasteiger charge is 2.46. The summed E-state index contributed by atoms with van der Waals surface area (Å²) in [5.74, 6) is 1.35. The Hall–Kier alpha value is -1.32. The molecule has 0 spiro atoms. The lowest BCUT2D eigenvalue weighted by Gasteiger charge is -2.09. The Balaban J connectivity index is 2.04.